The van der Waals surface area contributed by atoms with Crippen molar-refractivity contribution in [2.45, 2.75) is 38.1 Å². The fourth-order valence-electron chi connectivity index (χ4n) is 4.33. The van der Waals surface area contributed by atoms with Gasteiger partial charge in [0, 0.05) is 34.0 Å². The van der Waals surface area contributed by atoms with Gasteiger partial charge >= 0.3 is 5.97 Å². The van der Waals surface area contributed by atoms with Crippen LogP contribution in [0.3, 0.4) is 0 Å². The van der Waals surface area contributed by atoms with Gasteiger partial charge in [0.2, 0.25) is 5.43 Å². The van der Waals surface area contributed by atoms with Crippen molar-refractivity contribution < 1.29 is 19.5 Å². The smallest absolute Gasteiger partial charge is 0.341 e. The molecular formula is C23H22N2O5S. The summed E-state index contributed by atoms with van der Waals surface area (Å²) in [5.74, 6) is -0.591. The van der Waals surface area contributed by atoms with Gasteiger partial charge in [-0.1, -0.05) is 5.16 Å². The van der Waals surface area contributed by atoms with Gasteiger partial charge in [-0.25, -0.2) is 4.79 Å². The van der Waals surface area contributed by atoms with Crippen LogP contribution < -0.4 is 10.2 Å². The van der Waals surface area contributed by atoms with Crippen molar-refractivity contribution in [1.82, 2.24) is 4.57 Å². The maximum absolute atomic E-state index is 12.9. The van der Waals surface area contributed by atoms with Crippen LogP contribution in [0.5, 0.6) is 5.75 Å². The number of ether oxygens (including phenoxy) is 1. The number of thiophene rings is 1. The van der Waals surface area contributed by atoms with Gasteiger partial charge in [-0.15, -0.1) is 11.3 Å². The van der Waals surface area contributed by atoms with E-state index in [9.17, 15) is 14.7 Å². The average Bonchev–Trinajstić information content (AvgIpc) is 3.51. The van der Waals surface area contributed by atoms with E-state index in [0.717, 1.165) is 48.3 Å². The van der Waals surface area contributed by atoms with Crippen LogP contribution in [-0.2, 0) is 17.7 Å². The number of aromatic carboxylic acids is 1. The first-order chi connectivity index (χ1) is 15.0. The molecule has 2 aliphatic carbocycles. The third-order valence-corrected chi connectivity index (χ3v) is 7.16. The van der Waals surface area contributed by atoms with Crippen molar-refractivity contribution in [2.75, 3.05) is 14.2 Å². The van der Waals surface area contributed by atoms with Crippen LogP contribution >= 0.6 is 11.3 Å². The number of carboxylic acids is 1. The Balaban J connectivity index is 1.71. The van der Waals surface area contributed by atoms with E-state index < -0.39 is 11.4 Å². The van der Waals surface area contributed by atoms with Crippen molar-refractivity contribution in [3.8, 4) is 16.2 Å². The van der Waals surface area contributed by atoms with Gasteiger partial charge in [-0.05, 0) is 49.4 Å². The Bertz CT molecular complexity index is 1300. The zero-order valence-corrected chi connectivity index (χ0v) is 18.1. The van der Waals surface area contributed by atoms with Crippen LogP contribution in [0.4, 0.5) is 0 Å². The molecular weight excluding hydrogens is 416 g/mol. The lowest BCUT2D eigenvalue weighted by Gasteiger charge is -2.17. The number of hydrogen-bond acceptors (Lipinski definition) is 6. The number of pyridine rings is 1. The number of benzene rings is 1. The molecule has 2 aliphatic rings. The molecule has 160 valence electrons. The monoisotopic (exact) mass is 438 g/mol. The van der Waals surface area contributed by atoms with E-state index in [1.165, 1.54) is 16.6 Å². The lowest BCUT2D eigenvalue weighted by molar-refractivity contribution is 0.0695. The summed E-state index contributed by atoms with van der Waals surface area (Å²) >= 11 is 1.70. The van der Waals surface area contributed by atoms with Crippen LogP contribution in [-0.4, -0.2) is 35.6 Å². The Labute approximate surface area is 182 Å². The number of fused-ring (bicyclic) bond motifs is 2. The molecule has 0 bridgehead atoms. The Morgan fingerprint density at radius 3 is 2.74 bits per heavy atom. The topological polar surface area (TPSA) is 90.1 Å². The van der Waals surface area contributed by atoms with Crippen LogP contribution in [0.25, 0.3) is 21.3 Å². The number of hydrogen-bond donors (Lipinski definition) is 1. The molecule has 3 aromatic rings. The van der Waals surface area contributed by atoms with E-state index >= 15 is 0 Å². The molecule has 0 radical (unpaired) electrons. The Morgan fingerprint density at radius 1 is 1.26 bits per heavy atom. The van der Waals surface area contributed by atoms with E-state index in [0.29, 0.717) is 16.7 Å². The van der Waals surface area contributed by atoms with Crippen molar-refractivity contribution in [3.05, 3.63) is 50.6 Å². The molecule has 0 aliphatic heterocycles. The Hall–Kier alpha value is -3.13. The van der Waals surface area contributed by atoms with Crippen LogP contribution in [0.2, 0.25) is 0 Å². The third-order valence-electron chi connectivity index (χ3n) is 5.95. The number of carbonyl (C=O) groups is 1. The molecule has 1 N–H and O–H groups in total. The van der Waals surface area contributed by atoms with E-state index in [1.54, 1.807) is 31.6 Å². The molecule has 0 unspecified atom stereocenters. The second kappa shape index (κ2) is 7.53. The SMILES string of the molecule is CO/N=C1/CCc2cc(-c3ccc4c(=O)c(C(=O)O)cn(C5CC5)c4c3OC)sc2C1. The summed E-state index contributed by atoms with van der Waals surface area (Å²) in [7, 11) is 3.17. The van der Waals surface area contributed by atoms with E-state index in [4.69, 9.17) is 9.57 Å². The highest BCUT2D eigenvalue weighted by atomic mass is 32.1. The molecule has 2 aromatic heterocycles. The fourth-order valence-corrected chi connectivity index (χ4v) is 5.60. The maximum atomic E-state index is 12.9. The van der Waals surface area contributed by atoms with Crippen molar-refractivity contribution in [1.29, 1.82) is 0 Å². The lowest BCUT2D eigenvalue weighted by atomic mass is 9.96. The van der Waals surface area contributed by atoms with Gasteiger partial charge in [-0.2, -0.15) is 0 Å². The second-order valence-electron chi connectivity index (χ2n) is 7.93. The van der Waals surface area contributed by atoms with E-state index in [1.807, 2.05) is 10.6 Å². The molecule has 1 aromatic carbocycles. The number of methoxy groups -OCH3 is 1. The van der Waals surface area contributed by atoms with E-state index in [2.05, 4.69) is 11.2 Å². The lowest BCUT2D eigenvalue weighted by Crippen LogP contribution is -2.19. The molecule has 1 fully saturated rings. The van der Waals surface area contributed by atoms with Crippen LogP contribution in [0.15, 0.2) is 34.3 Å². The quantitative estimate of drug-likeness (QED) is 0.601. The molecule has 8 heteroatoms. The minimum atomic E-state index is -1.20. The first kappa shape index (κ1) is 19.8. The van der Waals surface area contributed by atoms with Crippen molar-refractivity contribution in [2.24, 2.45) is 5.16 Å². The first-order valence-electron chi connectivity index (χ1n) is 10.2. The number of rotatable bonds is 5. The third kappa shape index (κ3) is 3.31. The second-order valence-corrected chi connectivity index (χ2v) is 9.07. The summed E-state index contributed by atoms with van der Waals surface area (Å²) in [6, 6.07) is 5.98. The standard InChI is InChI=1S/C23H22N2O5S/c1-29-22-15(19-9-12-3-4-13(24-30-2)10-18(12)31-19)7-8-16-20(22)25(14-5-6-14)11-17(21(16)26)23(27)28/h7-9,11,14H,3-6,10H2,1-2H3,(H,27,28)/b24-13-. The predicted molar refractivity (Wildman–Crippen MR) is 120 cm³/mol. The van der Waals surface area contributed by atoms with Crippen molar-refractivity contribution in [3.63, 3.8) is 0 Å². The zero-order chi connectivity index (χ0) is 21.7. The normalized spacial score (nSPS) is 17.0. The van der Waals surface area contributed by atoms with Gasteiger partial charge in [0.25, 0.3) is 0 Å². The molecule has 7 nitrogen and oxygen atoms in total. The summed E-state index contributed by atoms with van der Waals surface area (Å²) < 4.78 is 7.75. The fraction of sp³-hybridized carbons (Fsp3) is 0.348. The van der Waals surface area contributed by atoms with Gasteiger partial charge < -0.3 is 19.2 Å². The maximum Gasteiger partial charge on any atom is 0.341 e. The van der Waals surface area contributed by atoms with Gasteiger partial charge in [-0.3, -0.25) is 4.79 Å². The molecule has 5 rings (SSSR count). The summed E-state index contributed by atoms with van der Waals surface area (Å²) in [6.45, 7) is 0. The van der Waals surface area contributed by atoms with Crippen LogP contribution in [0.1, 0.15) is 46.1 Å². The predicted octanol–water partition coefficient (Wildman–Crippen LogP) is 4.26. The molecule has 1 saturated carbocycles. The number of nitrogens with zero attached hydrogens (tertiary/aromatic N) is 2. The highest BCUT2D eigenvalue weighted by molar-refractivity contribution is 7.15. The highest BCUT2D eigenvalue weighted by Crippen LogP contribution is 2.45. The zero-order valence-electron chi connectivity index (χ0n) is 17.3. The number of aryl methyl sites for hydroxylation is 1. The molecule has 0 spiro atoms. The Kier molecular flexibility index (Phi) is 4.81. The summed E-state index contributed by atoms with van der Waals surface area (Å²) in [6.07, 6.45) is 5.96. The van der Waals surface area contributed by atoms with Crippen LogP contribution in [0, 0.1) is 0 Å². The number of carboxylic acid groups (broad SMARTS) is 1. The number of oxime groups is 1. The minimum Gasteiger partial charge on any atom is -0.494 e. The molecule has 0 saturated heterocycles. The van der Waals surface area contributed by atoms with Gasteiger partial charge in [0.15, 0.2) is 5.75 Å². The minimum absolute atomic E-state index is 0.190. The summed E-state index contributed by atoms with van der Waals surface area (Å²) in [5, 5.41) is 14.0. The van der Waals surface area contributed by atoms with Gasteiger partial charge in [0.1, 0.15) is 12.7 Å². The van der Waals surface area contributed by atoms with Crippen molar-refractivity contribution >= 4 is 33.9 Å². The van der Waals surface area contributed by atoms with Gasteiger partial charge in [0.05, 0.1) is 23.7 Å². The molecule has 0 atom stereocenters. The first-order valence-corrected chi connectivity index (χ1v) is 11.0. The largest absolute Gasteiger partial charge is 0.494 e. The Morgan fingerprint density at radius 2 is 2.06 bits per heavy atom. The number of aromatic nitrogens is 1. The summed E-state index contributed by atoms with van der Waals surface area (Å²) in [4.78, 5) is 31.8. The molecule has 31 heavy (non-hydrogen) atoms. The molecule has 2 heterocycles. The average molecular weight is 439 g/mol. The molecule has 0 amide bonds. The summed E-state index contributed by atoms with van der Waals surface area (Å²) in [5.41, 5.74) is 3.25. The highest BCUT2D eigenvalue weighted by Gasteiger charge is 2.29. The van der Waals surface area contributed by atoms with E-state index in [-0.39, 0.29) is 11.6 Å².